The monoisotopic (exact) mass is 448 g/mol. The average Bonchev–Trinajstić information content (AvgIpc) is 2.73. The number of phenols is 4. The van der Waals surface area contributed by atoms with Crippen molar-refractivity contribution in [3.05, 3.63) is 40.6 Å². The van der Waals surface area contributed by atoms with E-state index in [0.29, 0.717) is 0 Å². The van der Waals surface area contributed by atoms with Gasteiger partial charge in [-0.2, -0.15) is 0 Å². The number of hydrogen-bond acceptors (Lipinski definition) is 11. The van der Waals surface area contributed by atoms with Gasteiger partial charge in [0.15, 0.2) is 17.3 Å². The number of aliphatic hydroxyl groups excluding tert-OH is 3. The maximum absolute atomic E-state index is 13.2. The summed E-state index contributed by atoms with van der Waals surface area (Å²) in [7, 11) is 0. The molecule has 7 N–H and O–H groups in total. The number of aliphatic hydroxyl groups is 3. The number of benzene rings is 2. The van der Waals surface area contributed by atoms with Crippen LogP contribution in [0.4, 0.5) is 0 Å². The predicted octanol–water partition coefficient (Wildman–Crippen LogP) is 0.489. The second kappa shape index (κ2) is 7.88. The van der Waals surface area contributed by atoms with Crippen molar-refractivity contribution in [2.75, 3.05) is 0 Å². The number of fused-ring (bicyclic) bond motifs is 1. The van der Waals surface area contributed by atoms with Crippen molar-refractivity contribution >= 4 is 11.0 Å². The molecule has 170 valence electrons. The highest BCUT2D eigenvalue weighted by atomic mass is 16.7. The molecule has 4 rings (SSSR count). The van der Waals surface area contributed by atoms with Gasteiger partial charge >= 0.3 is 0 Å². The minimum Gasteiger partial charge on any atom is -0.508 e. The van der Waals surface area contributed by atoms with Crippen molar-refractivity contribution in [2.45, 2.75) is 37.6 Å². The Bertz CT molecular complexity index is 1230. The third kappa shape index (κ3) is 3.56. The molecular formula is C21H20O11. The van der Waals surface area contributed by atoms with Gasteiger partial charge in [-0.25, -0.2) is 0 Å². The van der Waals surface area contributed by atoms with Crippen molar-refractivity contribution in [1.29, 1.82) is 0 Å². The van der Waals surface area contributed by atoms with E-state index >= 15 is 0 Å². The summed E-state index contributed by atoms with van der Waals surface area (Å²) in [6, 6.07) is 5.51. The van der Waals surface area contributed by atoms with Crippen LogP contribution in [0.2, 0.25) is 0 Å². The van der Waals surface area contributed by atoms with Crippen molar-refractivity contribution < 1.29 is 49.6 Å². The molecule has 1 aliphatic heterocycles. The van der Waals surface area contributed by atoms with Gasteiger partial charge < -0.3 is 49.6 Å². The summed E-state index contributed by atoms with van der Waals surface area (Å²) in [6.45, 7) is 1.42. The largest absolute Gasteiger partial charge is 0.508 e. The van der Waals surface area contributed by atoms with Gasteiger partial charge in [-0.05, 0) is 25.1 Å². The van der Waals surface area contributed by atoms with E-state index in [9.17, 15) is 40.5 Å². The van der Waals surface area contributed by atoms with Gasteiger partial charge in [-0.3, -0.25) is 4.79 Å². The summed E-state index contributed by atoms with van der Waals surface area (Å²) in [5, 5.41) is 69.2. The van der Waals surface area contributed by atoms with Gasteiger partial charge in [-0.1, -0.05) is 0 Å². The van der Waals surface area contributed by atoms with E-state index in [2.05, 4.69) is 0 Å². The average molecular weight is 448 g/mol. The fourth-order valence-electron chi connectivity index (χ4n) is 3.46. The number of hydrogen-bond donors (Lipinski definition) is 7. The Morgan fingerprint density at radius 3 is 2.28 bits per heavy atom. The van der Waals surface area contributed by atoms with Gasteiger partial charge in [0.25, 0.3) is 0 Å². The van der Waals surface area contributed by atoms with Crippen LogP contribution in [-0.2, 0) is 4.74 Å². The van der Waals surface area contributed by atoms with E-state index in [1.165, 1.54) is 13.0 Å². The molecule has 11 nitrogen and oxygen atoms in total. The molecule has 1 unspecified atom stereocenters. The third-order valence-corrected chi connectivity index (χ3v) is 5.20. The molecule has 1 aromatic heterocycles. The zero-order chi connectivity index (χ0) is 23.3. The molecule has 1 fully saturated rings. The van der Waals surface area contributed by atoms with Crippen LogP contribution in [0.5, 0.6) is 28.7 Å². The van der Waals surface area contributed by atoms with Crippen LogP contribution >= 0.6 is 0 Å². The Morgan fingerprint density at radius 2 is 1.59 bits per heavy atom. The molecule has 0 bridgehead atoms. The van der Waals surface area contributed by atoms with Crippen LogP contribution in [0.15, 0.2) is 39.5 Å². The summed E-state index contributed by atoms with van der Waals surface area (Å²) in [6.07, 6.45) is -7.35. The van der Waals surface area contributed by atoms with Gasteiger partial charge in [0.2, 0.25) is 17.5 Å². The lowest BCUT2D eigenvalue weighted by molar-refractivity contribution is -0.268. The molecule has 0 saturated carbocycles. The lowest BCUT2D eigenvalue weighted by atomic mass is 10.00. The lowest BCUT2D eigenvalue weighted by Crippen LogP contribution is -2.58. The van der Waals surface area contributed by atoms with Crippen molar-refractivity contribution in [3.63, 3.8) is 0 Å². The molecule has 0 aliphatic carbocycles. The zero-order valence-corrected chi connectivity index (χ0v) is 16.5. The second-order valence-corrected chi connectivity index (χ2v) is 7.43. The smallest absolute Gasteiger partial charge is 0.239 e. The summed E-state index contributed by atoms with van der Waals surface area (Å²) >= 11 is 0. The Kier molecular flexibility index (Phi) is 5.34. The Hall–Kier alpha value is -3.51. The summed E-state index contributed by atoms with van der Waals surface area (Å²) < 4.78 is 16.6. The minimum atomic E-state index is -1.74. The van der Waals surface area contributed by atoms with E-state index in [-0.39, 0.29) is 28.0 Å². The molecule has 11 heteroatoms. The molecule has 32 heavy (non-hydrogen) atoms. The summed E-state index contributed by atoms with van der Waals surface area (Å²) in [4.78, 5) is 13.2. The lowest BCUT2D eigenvalue weighted by Gasteiger charge is -2.38. The van der Waals surface area contributed by atoms with E-state index in [0.717, 1.165) is 24.3 Å². The Balaban J connectivity index is 1.92. The van der Waals surface area contributed by atoms with Crippen molar-refractivity contribution in [3.8, 4) is 40.1 Å². The predicted molar refractivity (Wildman–Crippen MR) is 108 cm³/mol. The molecule has 0 amide bonds. The van der Waals surface area contributed by atoms with Crippen LogP contribution in [0.1, 0.15) is 6.92 Å². The van der Waals surface area contributed by atoms with Crippen LogP contribution in [0, 0.1) is 0 Å². The molecule has 0 spiro atoms. The molecular weight excluding hydrogens is 428 g/mol. The van der Waals surface area contributed by atoms with Gasteiger partial charge in [-0.15, -0.1) is 0 Å². The van der Waals surface area contributed by atoms with Crippen LogP contribution in [0.3, 0.4) is 0 Å². The van der Waals surface area contributed by atoms with Crippen molar-refractivity contribution in [1.82, 2.24) is 0 Å². The molecule has 1 saturated heterocycles. The van der Waals surface area contributed by atoms with E-state index in [1.54, 1.807) is 0 Å². The number of phenolic OH excluding ortho intramolecular Hbond substituents is 4. The first-order valence-corrected chi connectivity index (χ1v) is 9.50. The maximum Gasteiger partial charge on any atom is 0.239 e. The van der Waals surface area contributed by atoms with E-state index in [4.69, 9.17) is 13.9 Å². The first kappa shape index (κ1) is 21.7. The highest BCUT2D eigenvalue weighted by molar-refractivity contribution is 5.88. The molecule has 0 radical (unpaired) electrons. The topological polar surface area (TPSA) is 190 Å². The first-order valence-electron chi connectivity index (χ1n) is 9.50. The third-order valence-electron chi connectivity index (χ3n) is 5.20. The van der Waals surface area contributed by atoms with Crippen LogP contribution in [-0.4, -0.2) is 66.5 Å². The SMILES string of the molecule is C[C@@H]1OC(Oc2c(-c3ccc(O)c(O)c3)oc3cc(O)cc(O)c3c2=O)[C@H](O)[C@@H](O)[C@H]1O. The van der Waals surface area contributed by atoms with E-state index < -0.39 is 59.1 Å². The van der Waals surface area contributed by atoms with Crippen molar-refractivity contribution in [2.24, 2.45) is 0 Å². The second-order valence-electron chi connectivity index (χ2n) is 7.43. The standard InChI is InChI=1S/C21H20O11/c1-7-15(26)17(28)18(29)21(30-7)32-20-16(27)14-12(25)5-9(22)6-13(14)31-19(20)8-2-3-10(23)11(24)4-8/h2-7,15,17-18,21-26,28-29H,1H3/t7-,15-,17-,18+,21?/m0/s1. The number of ether oxygens (including phenoxy) is 2. The summed E-state index contributed by atoms with van der Waals surface area (Å²) in [5.74, 6) is -2.80. The quantitative estimate of drug-likeness (QED) is 0.276. The number of rotatable bonds is 3. The molecule has 5 atom stereocenters. The number of aromatic hydroxyl groups is 4. The molecule has 2 heterocycles. The highest BCUT2D eigenvalue weighted by Crippen LogP contribution is 2.39. The fraction of sp³-hybridized carbons (Fsp3) is 0.286. The van der Waals surface area contributed by atoms with Gasteiger partial charge in [0.05, 0.1) is 6.10 Å². The Labute approximate surface area is 179 Å². The molecule has 2 aromatic carbocycles. The van der Waals surface area contributed by atoms with Crippen LogP contribution < -0.4 is 10.2 Å². The molecule has 3 aromatic rings. The maximum atomic E-state index is 13.2. The van der Waals surface area contributed by atoms with E-state index in [1.807, 2.05) is 0 Å². The highest BCUT2D eigenvalue weighted by Gasteiger charge is 2.44. The molecule has 1 aliphatic rings. The Morgan fingerprint density at radius 1 is 0.875 bits per heavy atom. The normalized spacial score (nSPS) is 25.7. The summed E-state index contributed by atoms with van der Waals surface area (Å²) in [5.41, 5.74) is -1.05. The zero-order valence-electron chi connectivity index (χ0n) is 16.5. The van der Waals surface area contributed by atoms with Gasteiger partial charge in [0, 0.05) is 17.7 Å². The van der Waals surface area contributed by atoms with Crippen LogP contribution in [0.25, 0.3) is 22.3 Å². The fourth-order valence-corrected chi connectivity index (χ4v) is 3.46. The minimum absolute atomic E-state index is 0.0658. The van der Waals surface area contributed by atoms with Gasteiger partial charge in [0.1, 0.15) is 40.8 Å². The first-order chi connectivity index (χ1) is 15.1.